The number of amides is 1. The van der Waals surface area contributed by atoms with Gasteiger partial charge in [-0.25, -0.2) is 8.42 Å². The van der Waals surface area contributed by atoms with Crippen LogP contribution in [0.2, 0.25) is 10.0 Å². The van der Waals surface area contributed by atoms with E-state index in [0.29, 0.717) is 34.1 Å². The molecule has 0 saturated heterocycles. The number of carbonyl (C=O) groups excluding carboxylic acids is 2. The van der Waals surface area contributed by atoms with Crippen molar-refractivity contribution in [2.45, 2.75) is 31.2 Å². The Morgan fingerprint density at radius 1 is 1.00 bits per heavy atom. The second-order valence-corrected chi connectivity index (χ2v) is 10.4. The molecule has 0 aromatic heterocycles. The topological polar surface area (TPSA) is 83.6 Å². The molecule has 0 radical (unpaired) electrons. The van der Waals surface area contributed by atoms with E-state index in [1.54, 1.807) is 25.1 Å². The molecular formula is C25H24Cl2N2O4S. The second kappa shape index (κ2) is 11.5. The van der Waals surface area contributed by atoms with Crippen molar-refractivity contribution in [2.24, 2.45) is 0 Å². The minimum atomic E-state index is -4.08. The molecule has 1 amide bonds. The number of carbonyl (C=O) groups is 2. The fourth-order valence-electron chi connectivity index (χ4n) is 3.41. The van der Waals surface area contributed by atoms with Gasteiger partial charge in [0.15, 0.2) is 0 Å². The number of rotatable bonds is 10. The van der Waals surface area contributed by atoms with Crippen molar-refractivity contribution in [1.82, 2.24) is 5.32 Å². The highest BCUT2D eigenvalue weighted by atomic mass is 35.5. The van der Waals surface area contributed by atoms with E-state index in [2.05, 4.69) is 5.32 Å². The molecule has 0 heterocycles. The maximum Gasteiger partial charge on any atom is 0.264 e. The Balaban J connectivity index is 1.84. The van der Waals surface area contributed by atoms with Gasteiger partial charge in [0.2, 0.25) is 5.91 Å². The lowest BCUT2D eigenvalue weighted by atomic mass is 10.1. The van der Waals surface area contributed by atoms with Crippen LogP contribution in [0.5, 0.6) is 0 Å². The first kappa shape index (κ1) is 25.7. The highest BCUT2D eigenvalue weighted by molar-refractivity contribution is 7.92. The van der Waals surface area contributed by atoms with Gasteiger partial charge >= 0.3 is 0 Å². The lowest BCUT2D eigenvalue weighted by molar-refractivity contribution is -0.119. The Labute approximate surface area is 209 Å². The van der Waals surface area contributed by atoms with Gasteiger partial charge in [-0.2, -0.15) is 0 Å². The Kier molecular flexibility index (Phi) is 8.72. The smallest absolute Gasteiger partial charge is 0.264 e. The van der Waals surface area contributed by atoms with Gasteiger partial charge in [0.1, 0.15) is 12.8 Å². The molecule has 3 aromatic carbocycles. The number of nitrogens with zero attached hydrogens (tertiary/aromatic N) is 1. The van der Waals surface area contributed by atoms with Crippen LogP contribution < -0.4 is 9.62 Å². The molecular weight excluding hydrogens is 495 g/mol. The summed E-state index contributed by atoms with van der Waals surface area (Å²) >= 11 is 12.2. The summed E-state index contributed by atoms with van der Waals surface area (Å²) in [7, 11) is -4.08. The van der Waals surface area contributed by atoms with Crippen molar-refractivity contribution in [3.05, 3.63) is 93.5 Å². The number of nitrogens with one attached hydrogen (secondary N) is 1. The number of anilines is 1. The predicted octanol–water partition coefficient (Wildman–Crippen LogP) is 4.95. The molecule has 1 N–H and O–H groups in total. The summed E-state index contributed by atoms with van der Waals surface area (Å²) in [6.07, 6.45) is 1.90. The van der Waals surface area contributed by atoms with Crippen LogP contribution in [-0.2, 0) is 32.6 Å². The van der Waals surface area contributed by atoms with Gasteiger partial charge in [0, 0.05) is 23.0 Å². The highest BCUT2D eigenvalue weighted by Gasteiger charge is 2.28. The Hall–Kier alpha value is -2.87. The minimum Gasteiger partial charge on any atom is -0.350 e. The van der Waals surface area contributed by atoms with Gasteiger partial charge in [0.05, 0.1) is 10.6 Å². The molecule has 0 aliphatic carbocycles. The molecule has 0 bridgehead atoms. The van der Waals surface area contributed by atoms with Crippen LogP contribution >= 0.6 is 23.2 Å². The van der Waals surface area contributed by atoms with Crippen LogP contribution in [0.4, 0.5) is 5.69 Å². The van der Waals surface area contributed by atoms with E-state index in [9.17, 15) is 18.0 Å². The summed E-state index contributed by atoms with van der Waals surface area (Å²) in [4.78, 5) is 23.5. The largest absolute Gasteiger partial charge is 0.350 e. The van der Waals surface area contributed by atoms with Gasteiger partial charge in [-0.1, -0.05) is 53.5 Å². The lowest BCUT2D eigenvalue weighted by Crippen LogP contribution is -2.41. The second-order valence-electron chi connectivity index (χ2n) is 7.65. The standard InChI is InChI=1S/C25H24Cl2N2O4S/c1-18-23(27)8-3-9-24(18)29(34(32,33)22-12-10-21(26)11-13-22)17-25(31)28-16-20-6-2-5-19(15-20)7-4-14-30/h2-3,5-6,8-15H,4,7,16-17H2,1H3,(H,28,31). The van der Waals surface area contributed by atoms with E-state index in [-0.39, 0.29) is 11.4 Å². The van der Waals surface area contributed by atoms with E-state index >= 15 is 0 Å². The molecule has 0 spiro atoms. The van der Waals surface area contributed by atoms with E-state index in [0.717, 1.165) is 21.7 Å². The van der Waals surface area contributed by atoms with E-state index in [1.807, 2.05) is 24.3 Å². The van der Waals surface area contributed by atoms with Gasteiger partial charge < -0.3 is 10.1 Å². The SMILES string of the molecule is Cc1c(Cl)cccc1N(CC(=O)NCc1cccc(CCC=O)c1)S(=O)(=O)c1ccc(Cl)cc1. The number of halogens is 2. The average molecular weight is 519 g/mol. The van der Waals surface area contributed by atoms with E-state index < -0.39 is 22.5 Å². The van der Waals surface area contributed by atoms with Gasteiger partial charge in [-0.15, -0.1) is 0 Å². The average Bonchev–Trinajstić information content (AvgIpc) is 2.82. The third-order valence-corrected chi connectivity index (χ3v) is 7.66. The molecule has 34 heavy (non-hydrogen) atoms. The maximum atomic E-state index is 13.5. The molecule has 0 atom stereocenters. The van der Waals surface area contributed by atoms with Gasteiger partial charge in [0.25, 0.3) is 10.0 Å². The van der Waals surface area contributed by atoms with Crippen LogP contribution in [-0.4, -0.2) is 27.2 Å². The number of hydrogen-bond acceptors (Lipinski definition) is 4. The summed E-state index contributed by atoms with van der Waals surface area (Å²) in [6.45, 7) is 1.48. The quantitative estimate of drug-likeness (QED) is 0.385. The minimum absolute atomic E-state index is 0.00644. The van der Waals surface area contributed by atoms with Crippen molar-refractivity contribution in [2.75, 3.05) is 10.8 Å². The highest BCUT2D eigenvalue weighted by Crippen LogP contribution is 2.31. The molecule has 178 valence electrons. The van der Waals surface area contributed by atoms with Crippen molar-refractivity contribution in [1.29, 1.82) is 0 Å². The zero-order chi connectivity index (χ0) is 24.7. The number of sulfonamides is 1. The van der Waals surface area contributed by atoms with Crippen LogP contribution in [0.1, 0.15) is 23.1 Å². The molecule has 6 nitrogen and oxygen atoms in total. The molecule has 0 saturated carbocycles. The number of hydrogen-bond donors (Lipinski definition) is 1. The summed E-state index contributed by atoms with van der Waals surface area (Å²) in [5.41, 5.74) is 2.69. The van der Waals surface area contributed by atoms with E-state index in [4.69, 9.17) is 23.2 Å². The lowest BCUT2D eigenvalue weighted by Gasteiger charge is -2.26. The van der Waals surface area contributed by atoms with E-state index in [1.165, 1.54) is 24.3 Å². The monoisotopic (exact) mass is 518 g/mol. The van der Waals surface area contributed by atoms with Crippen molar-refractivity contribution >= 4 is 51.1 Å². The number of aryl methyl sites for hydroxylation is 1. The molecule has 3 aromatic rings. The molecule has 0 unspecified atom stereocenters. The molecule has 0 aliphatic heterocycles. The first-order valence-electron chi connectivity index (χ1n) is 10.5. The summed E-state index contributed by atoms with van der Waals surface area (Å²) in [6, 6.07) is 18.2. The third-order valence-electron chi connectivity index (χ3n) is 5.23. The predicted molar refractivity (Wildman–Crippen MR) is 135 cm³/mol. The summed E-state index contributed by atoms with van der Waals surface area (Å²) < 4.78 is 28.0. The van der Waals surface area contributed by atoms with Crippen LogP contribution in [0.3, 0.4) is 0 Å². The van der Waals surface area contributed by atoms with Crippen molar-refractivity contribution in [3.63, 3.8) is 0 Å². The van der Waals surface area contributed by atoms with Crippen LogP contribution in [0.15, 0.2) is 71.6 Å². The Bertz CT molecular complexity index is 1280. The fraction of sp³-hybridized carbons (Fsp3) is 0.200. The molecule has 9 heteroatoms. The molecule has 0 aliphatic rings. The van der Waals surface area contributed by atoms with Crippen molar-refractivity contribution in [3.8, 4) is 0 Å². The fourth-order valence-corrected chi connectivity index (χ4v) is 5.18. The maximum absolute atomic E-state index is 13.5. The third kappa shape index (κ3) is 6.38. The molecule has 3 rings (SSSR count). The van der Waals surface area contributed by atoms with Crippen molar-refractivity contribution < 1.29 is 18.0 Å². The zero-order valence-corrected chi connectivity index (χ0v) is 20.8. The van der Waals surface area contributed by atoms with Crippen LogP contribution in [0.25, 0.3) is 0 Å². The number of benzene rings is 3. The number of aldehydes is 1. The zero-order valence-electron chi connectivity index (χ0n) is 18.5. The van der Waals surface area contributed by atoms with Gasteiger partial charge in [-0.05, 0) is 66.4 Å². The van der Waals surface area contributed by atoms with Crippen LogP contribution in [0, 0.1) is 6.92 Å². The first-order chi connectivity index (χ1) is 16.2. The summed E-state index contributed by atoms with van der Waals surface area (Å²) in [5, 5.41) is 3.57. The summed E-state index contributed by atoms with van der Waals surface area (Å²) in [5.74, 6) is -0.477. The Morgan fingerprint density at radius 2 is 1.68 bits per heavy atom. The van der Waals surface area contributed by atoms with Gasteiger partial charge in [-0.3, -0.25) is 9.10 Å². The molecule has 0 fully saturated rings. The normalized spacial score (nSPS) is 11.1. The Morgan fingerprint density at radius 3 is 2.38 bits per heavy atom. The first-order valence-corrected chi connectivity index (χ1v) is 12.7.